The van der Waals surface area contributed by atoms with E-state index in [9.17, 15) is 9.18 Å². The molecule has 1 amide bonds. The Hall–Kier alpha value is -2.40. The monoisotopic (exact) mass is 259 g/mol. The summed E-state index contributed by atoms with van der Waals surface area (Å²) in [6.07, 6.45) is 0. The van der Waals surface area contributed by atoms with Crippen molar-refractivity contribution in [2.75, 3.05) is 10.7 Å². The summed E-state index contributed by atoms with van der Waals surface area (Å²) in [4.78, 5) is 12.1. The average Bonchev–Trinajstić information content (AvgIpc) is 2.41. The van der Waals surface area contributed by atoms with Crippen molar-refractivity contribution in [2.45, 2.75) is 6.92 Å². The Bertz CT molecular complexity index is 613. The first-order valence-corrected chi connectivity index (χ1v) is 5.75. The van der Waals surface area contributed by atoms with Gasteiger partial charge in [0.25, 0.3) is 5.91 Å². The molecule has 2 rings (SSSR count). The number of nitrogens with two attached hydrogens (primary N) is 1. The molecule has 0 heterocycles. The van der Waals surface area contributed by atoms with Gasteiger partial charge in [-0.2, -0.15) is 0 Å². The maximum atomic E-state index is 13.5. The van der Waals surface area contributed by atoms with Crippen LogP contribution in [0.2, 0.25) is 0 Å². The van der Waals surface area contributed by atoms with Crippen LogP contribution < -0.4 is 16.6 Å². The van der Waals surface area contributed by atoms with Crippen LogP contribution in [0.4, 0.5) is 15.8 Å². The lowest BCUT2D eigenvalue weighted by atomic mass is 10.1. The Morgan fingerprint density at radius 2 is 1.89 bits per heavy atom. The molecule has 0 fully saturated rings. The number of nitrogens with one attached hydrogen (secondary N) is 2. The third-order valence-corrected chi connectivity index (χ3v) is 2.70. The van der Waals surface area contributed by atoms with Crippen molar-refractivity contribution in [1.82, 2.24) is 0 Å². The van der Waals surface area contributed by atoms with Gasteiger partial charge in [0.05, 0.1) is 16.9 Å². The van der Waals surface area contributed by atoms with Gasteiger partial charge in [0, 0.05) is 0 Å². The molecule has 0 aliphatic carbocycles. The van der Waals surface area contributed by atoms with Gasteiger partial charge in [0.2, 0.25) is 0 Å². The van der Waals surface area contributed by atoms with Gasteiger partial charge in [0.15, 0.2) is 0 Å². The van der Waals surface area contributed by atoms with Gasteiger partial charge in [0.1, 0.15) is 5.82 Å². The van der Waals surface area contributed by atoms with E-state index in [0.29, 0.717) is 11.3 Å². The first kappa shape index (κ1) is 13.0. The maximum Gasteiger partial charge on any atom is 0.257 e. The molecule has 0 saturated carbocycles. The normalized spacial score (nSPS) is 10.1. The van der Waals surface area contributed by atoms with Crippen molar-refractivity contribution in [2.24, 2.45) is 5.84 Å². The Labute approximate surface area is 110 Å². The topological polar surface area (TPSA) is 67.2 Å². The summed E-state index contributed by atoms with van der Waals surface area (Å²) < 4.78 is 13.5. The lowest BCUT2D eigenvalue weighted by Gasteiger charge is -2.11. The van der Waals surface area contributed by atoms with Gasteiger partial charge in [-0.05, 0) is 36.8 Å². The van der Waals surface area contributed by atoms with Crippen LogP contribution in [0.15, 0.2) is 42.5 Å². The third kappa shape index (κ3) is 2.89. The van der Waals surface area contributed by atoms with Gasteiger partial charge in [-0.3, -0.25) is 10.6 Å². The van der Waals surface area contributed by atoms with Crippen LogP contribution in [0.1, 0.15) is 15.9 Å². The maximum absolute atomic E-state index is 13.5. The summed E-state index contributed by atoms with van der Waals surface area (Å²) in [6.45, 7) is 1.89. The Kier molecular flexibility index (Phi) is 3.77. The number of hydrogen-bond acceptors (Lipinski definition) is 3. The molecule has 0 saturated heterocycles. The lowest BCUT2D eigenvalue weighted by molar-refractivity contribution is 0.102. The molecule has 0 spiro atoms. The SMILES string of the molecule is Cc1ccc(C(=O)Nc2ccccc2F)c(NN)c1. The zero-order chi connectivity index (χ0) is 13.8. The number of carbonyl (C=O) groups is 1. The van der Waals surface area contributed by atoms with E-state index in [1.54, 1.807) is 30.3 Å². The van der Waals surface area contributed by atoms with Gasteiger partial charge < -0.3 is 10.7 Å². The predicted molar refractivity (Wildman–Crippen MR) is 73.3 cm³/mol. The molecule has 5 heteroatoms. The van der Waals surface area contributed by atoms with Crippen LogP contribution in [-0.2, 0) is 0 Å². The van der Waals surface area contributed by atoms with Crippen molar-refractivity contribution in [3.63, 3.8) is 0 Å². The minimum absolute atomic E-state index is 0.135. The minimum Gasteiger partial charge on any atom is -0.323 e. The predicted octanol–water partition coefficient (Wildman–Crippen LogP) is 2.67. The summed E-state index contributed by atoms with van der Waals surface area (Å²) in [7, 11) is 0. The number of nitrogen functional groups attached to an aromatic ring is 1. The minimum atomic E-state index is -0.481. The molecule has 0 unspecified atom stereocenters. The summed E-state index contributed by atoms with van der Waals surface area (Å²) in [5.41, 5.74) is 4.42. The fourth-order valence-corrected chi connectivity index (χ4v) is 1.73. The molecule has 4 nitrogen and oxygen atoms in total. The second kappa shape index (κ2) is 5.49. The highest BCUT2D eigenvalue weighted by Gasteiger charge is 2.12. The van der Waals surface area contributed by atoms with Crippen LogP contribution >= 0.6 is 0 Å². The average molecular weight is 259 g/mol. The fourth-order valence-electron chi connectivity index (χ4n) is 1.73. The Balaban J connectivity index is 2.28. The highest BCUT2D eigenvalue weighted by atomic mass is 19.1. The number of para-hydroxylation sites is 1. The first-order chi connectivity index (χ1) is 9.11. The van der Waals surface area contributed by atoms with E-state index in [4.69, 9.17) is 5.84 Å². The number of aryl methyl sites for hydroxylation is 1. The number of rotatable bonds is 3. The summed E-state index contributed by atoms with van der Waals surface area (Å²) in [5, 5.41) is 2.51. The molecule has 2 aromatic rings. The highest BCUT2D eigenvalue weighted by Crippen LogP contribution is 2.19. The van der Waals surface area contributed by atoms with E-state index in [1.165, 1.54) is 12.1 Å². The lowest BCUT2D eigenvalue weighted by Crippen LogP contribution is -2.17. The van der Waals surface area contributed by atoms with Gasteiger partial charge in [-0.15, -0.1) is 0 Å². The molecule has 0 radical (unpaired) electrons. The number of amides is 1. The van der Waals surface area contributed by atoms with Crippen molar-refractivity contribution < 1.29 is 9.18 Å². The van der Waals surface area contributed by atoms with Gasteiger partial charge in [-0.1, -0.05) is 18.2 Å². The van der Waals surface area contributed by atoms with Crippen LogP contribution in [-0.4, -0.2) is 5.91 Å². The van der Waals surface area contributed by atoms with Crippen molar-refractivity contribution in [1.29, 1.82) is 0 Å². The van der Waals surface area contributed by atoms with Gasteiger partial charge in [-0.25, -0.2) is 4.39 Å². The van der Waals surface area contributed by atoms with Crippen molar-refractivity contribution in [3.8, 4) is 0 Å². The molecular formula is C14H14FN3O. The van der Waals surface area contributed by atoms with Gasteiger partial charge >= 0.3 is 0 Å². The largest absolute Gasteiger partial charge is 0.323 e. The number of hydrazine groups is 1. The van der Waals surface area contributed by atoms with Crippen LogP contribution in [0.25, 0.3) is 0 Å². The molecule has 0 aromatic heterocycles. The first-order valence-electron chi connectivity index (χ1n) is 5.75. The molecular weight excluding hydrogens is 245 g/mol. The van der Waals surface area contributed by atoms with E-state index < -0.39 is 11.7 Å². The quantitative estimate of drug-likeness (QED) is 0.586. The van der Waals surface area contributed by atoms with E-state index >= 15 is 0 Å². The summed E-state index contributed by atoms with van der Waals surface area (Å²) >= 11 is 0. The molecule has 2 aromatic carbocycles. The van der Waals surface area contributed by atoms with Crippen LogP contribution in [0, 0.1) is 12.7 Å². The standard InChI is InChI=1S/C14H14FN3O/c1-9-6-7-10(13(8-9)18-16)14(19)17-12-5-3-2-4-11(12)15/h2-8,18H,16H2,1H3,(H,17,19). The summed E-state index contributed by atoms with van der Waals surface area (Å²) in [5.74, 6) is 4.48. The van der Waals surface area contributed by atoms with Crippen molar-refractivity contribution >= 4 is 17.3 Å². The number of anilines is 2. The zero-order valence-corrected chi connectivity index (χ0v) is 10.4. The Morgan fingerprint density at radius 1 is 1.16 bits per heavy atom. The Morgan fingerprint density at radius 3 is 2.58 bits per heavy atom. The fraction of sp³-hybridized carbons (Fsp3) is 0.0714. The van der Waals surface area contributed by atoms with E-state index in [1.807, 2.05) is 6.92 Å². The number of hydrogen-bond donors (Lipinski definition) is 3. The molecule has 0 bridgehead atoms. The van der Waals surface area contributed by atoms with Crippen LogP contribution in [0.3, 0.4) is 0 Å². The van der Waals surface area contributed by atoms with Crippen molar-refractivity contribution in [3.05, 3.63) is 59.4 Å². The number of halogens is 1. The molecule has 98 valence electrons. The van der Waals surface area contributed by atoms with E-state index in [-0.39, 0.29) is 5.69 Å². The molecule has 19 heavy (non-hydrogen) atoms. The number of carbonyl (C=O) groups excluding carboxylic acids is 1. The van der Waals surface area contributed by atoms with Crippen LogP contribution in [0.5, 0.6) is 0 Å². The molecule has 4 N–H and O–H groups in total. The zero-order valence-electron chi connectivity index (χ0n) is 10.4. The van der Waals surface area contributed by atoms with E-state index in [0.717, 1.165) is 5.56 Å². The third-order valence-electron chi connectivity index (χ3n) is 2.70. The molecule has 0 atom stereocenters. The second-order valence-corrected chi connectivity index (χ2v) is 4.13. The smallest absolute Gasteiger partial charge is 0.257 e. The molecule has 0 aliphatic rings. The molecule has 0 aliphatic heterocycles. The second-order valence-electron chi connectivity index (χ2n) is 4.13. The summed E-state index contributed by atoms with van der Waals surface area (Å²) in [6, 6.07) is 11.2. The number of benzene rings is 2. The van der Waals surface area contributed by atoms with E-state index in [2.05, 4.69) is 10.7 Å². The highest BCUT2D eigenvalue weighted by molar-refractivity contribution is 6.08.